The molecule has 0 saturated heterocycles. The summed E-state index contributed by atoms with van der Waals surface area (Å²) >= 11 is 0. The van der Waals surface area contributed by atoms with Crippen molar-refractivity contribution in [1.82, 2.24) is 4.90 Å². The molecule has 0 heterocycles. The zero-order valence-corrected chi connectivity index (χ0v) is 12.9. The van der Waals surface area contributed by atoms with Gasteiger partial charge in [0.05, 0.1) is 6.42 Å². The third-order valence-electron chi connectivity index (χ3n) is 3.28. The molecule has 0 bridgehead atoms. The minimum absolute atomic E-state index is 0.0659. The van der Waals surface area contributed by atoms with Crippen molar-refractivity contribution in [2.75, 3.05) is 6.54 Å². The molecule has 0 fully saturated rings. The van der Waals surface area contributed by atoms with Gasteiger partial charge in [-0.1, -0.05) is 30.3 Å². The third kappa shape index (κ3) is 5.55. The molecular formula is C16H24N2O3. The molecule has 5 heteroatoms. The lowest BCUT2D eigenvalue weighted by molar-refractivity contribution is -0.140. The van der Waals surface area contributed by atoms with E-state index in [-0.39, 0.29) is 31.3 Å². The molecule has 116 valence electrons. The molecule has 0 aliphatic heterocycles. The predicted molar refractivity (Wildman–Crippen MR) is 81.7 cm³/mol. The maximum Gasteiger partial charge on any atom is 0.305 e. The lowest BCUT2D eigenvalue weighted by Gasteiger charge is -2.36. The molecule has 0 radical (unpaired) electrons. The van der Waals surface area contributed by atoms with Gasteiger partial charge in [-0.25, -0.2) is 0 Å². The molecule has 0 aliphatic carbocycles. The van der Waals surface area contributed by atoms with Crippen molar-refractivity contribution in [3.05, 3.63) is 35.9 Å². The lowest BCUT2D eigenvalue weighted by Crippen LogP contribution is -2.47. The molecule has 1 rings (SSSR count). The molecule has 1 amide bonds. The number of benzene rings is 1. The summed E-state index contributed by atoms with van der Waals surface area (Å²) in [6.07, 6.45) is 0.102. The van der Waals surface area contributed by atoms with Crippen molar-refractivity contribution in [2.24, 2.45) is 5.73 Å². The predicted octanol–water partition coefficient (Wildman–Crippen LogP) is 2.18. The number of carbonyl (C=O) groups excluding carboxylic acids is 1. The number of carboxylic acids is 1. The second kappa shape index (κ2) is 7.22. The van der Waals surface area contributed by atoms with Gasteiger partial charge in [-0.15, -0.1) is 0 Å². The Morgan fingerprint density at radius 1 is 1.24 bits per heavy atom. The quantitative estimate of drug-likeness (QED) is 0.841. The minimum Gasteiger partial charge on any atom is -0.481 e. The fourth-order valence-electron chi connectivity index (χ4n) is 2.16. The highest BCUT2D eigenvalue weighted by Crippen LogP contribution is 2.20. The zero-order valence-electron chi connectivity index (χ0n) is 12.9. The van der Waals surface area contributed by atoms with E-state index in [1.807, 2.05) is 51.1 Å². The molecule has 1 atom stereocenters. The van der Waals surface area contributed by atoms with Crippen LogP contribution in [0.15, 0.2) is 30.3 Å². The Bertz CT molecular complexity index is 480. The van der Waals surface area contributed by atoms with Gasteiger partial charge >= 0.3 is 5.97 Å². The number of nitrogens with two attached hydrogens (primary N) is 1. The van der Waals surface area contributed by atoms with E-state index < -0.39 is 11.5 Å². The second-order valence-electron chi connectivity index (χ2n) is 6.08. The Labute approximate surface area is 125 Å². The van der Waals surface area contributed by atoms with Gasteiger partial charge in [-0.05, 0) is 26.3 Å². The van der Waals surface area contributed by atoms with Gasteiger partial charge in [0.2, 0.25) is 5.91 Å². The van der Waals surface area contributed by atoms with Crippen molar-refractivity contribution < 1.29 is 14.7 Å². The maximum absolute atomic E-state index is 12.4. The maximum atomic E-state index is 12.4. The number of carbonyl (C=O) groups is 2. The first kappa shape index (κ1) is 17.2. The van der Waals surface area contributed by atoms with E-state index in [1.165, 1.54) is 0 Å². The summed E-state index contributed by atoms with van der Waals surface area (Å²) in [6, 6.07) is 9.05. The molecular weight excluding hydrogens is 268 g/mol. The van der Waals surface area contributed by atoms with Crippen molar-refractivity contribution in [2.45, 2.75) is 45.2 Å². The Kier molecular flexibility index (Phi) is 5.90. The number of amides is 1. The van der Waals surface area contributed by atoms with Gasteiger partial charge < -0.3 is 15.7 Å². The molecule has 3 N–H and O–H groups in total. The van der Waals surface area contributed by atoms with Crippen molar-refractivity contribution in [3.63, 3.8) is 0 Å². The fraction of sp³-hybridized carbons (Fsp3) is 0.500. The smallest absolute Gasteiger partial charge is 0.305 e. The van der Waals surface area contributed by atoms with Gasteiger partial charge in [0.1, 0.15) is 0 Å². The fourth-order valence-corrected chi connectivity index (χ4v) is 2.16. The van der Waals surface area contributed by atoms with Crippen molar-refractivity contribution >= 4 is 11.9 Å². The first-order valence-electron chi connectivity index (χ1n) is 7.04. The average molecular weight is 292 g/mol. The van der Waals surface area contributed by atoms with E-state index in [0.717, 1.165) is 5.56 Å². The topological polar surface area (TPSA) is 83.6 Å². The minimum atomic E-state index is -0.913. The third-order valence-corrected chi connectivity index (χ3v) is 3.28. The van der Waals surface area contributed by atoms with E-state index in [1.54, 1.807) is 4.90 Å². The number of hydrogen-bond acceptors (Lipinski definition) is 3. The Balaban J connectivity index is 2.74. The molecule has 0 spiro atoms. The summed E-state index contributed by atoms with van der Waals surface area (Å²) in [4.78, 5) is 24.8. The molecule has 1 aromatic carbocycles. The molecule has 0 aliphatic rings. The average Bonchev–Trinajstić information content (AvgIpc) is 2.37. The van der Waals surface area contributed by atoms with Crippen molar-refractivity contribution in [3.8, 4) is 0 Å². The molecule has 1 aromatic rings. The van der Waals surface area contributed by atoms with E-state index in [2.05, 4.69) is 0 Å². The van der Waals surface area contributed by atoms with E-state index in [9.17, 15) is 9.59 Å². The van der Waals surface area contributed by atoms with E-state index >= 15 is 0 Å². The van der Waals surface area contributed by atoms with Crippen LogP contribution in [0, 0.1) is 0 Å². The summed E-state index contributed by atoms with van der Waals surface area (Å²) in [5, 5.41) is 8.81. The zero-order chi connectivity index (χ0) is 16.0. The van der Waals surface area contributed by atoms with Crippen LogP contribution in [0.25, 0.3) is 0 Å². The summed E-state index contributed by atoms with van der Waals surface area (Å²) in [6.45, 7) is 5.86. The van der Waals surface area contributed by atoms with Crippen LogP contribution in [0.3, 0.4) is 0 Å². The van der Waals surface area contributed by atoms with Gasteiger partial charge in [0.15, 0.2) is 0 Å². The Morgan fingerprint density at radius 2 is 1.81 bits per heavy atom. The SMILES string of the molecule is CC(C)(C)N(CCC(=O)O)C(=O)CC(N)c1ccccc1. The number of aliphatic carboxylic acids is 1. The Hall–Kier alpha value is -1.88. The molecule has 0 saturated carbocycles. The van der Waals surface area contributed by atoms with Crippen LogP contribution in [0.4, 0.5) is 0 Å². The lowest BCUT2D eigenvalue weighted by atomic mass is 10.0. The van der Waals surface area contributed by atoms with Crippen LogP contribution in [0.1, 0.15) is 45.2 Å². The number of carboxylic acid groups (broad SMARTS) is 1. The highest BCUT2D eigenvalue weighted by atomic mass is 16.4. The van der Waals surface area contributed by atoms with Gasteiger partial charge in [-0.2, -0.15) is 0 Å². The first-order valence-corrected chi connectivity index (χ1v) is 7.04. The molecule has 21 heavy (non-hydrogen) atoms. The normalized spacial score (nSPS) is 12.8. The van der Waals surface area contributed by atoms with Crippen LogP contribution in [-0.2, 0) is 9.59 Å². The van der Waals surface area contributed by atoms with Crippen LogP contribution in [0.5, 0.6) is 0 Å². The number of rotatable bonds is 6. The number of nitrogens with zero attached hydrogens (tertiary/aromatic N) is 1. The van der Waals surface area contributed by atoms with Crippen LogP contribution < -0.4 is 5.73 Å². The van der Waals surface area contributed by atoms with Crippen molar-refractivity contribution in [1.29, 1.82) is 0 Å². The van der Waals surface area contributed by atoms with Crippen LogP contribution >= 0.6 is 0 Å². The first-order chi connectivity index (χ1) is 9.71. The highest BCUT2D eigenvalue weighted by Gasteiger charge is 2.27. The molecule has 1 unspecified atom stereocenters. The van der Waals surface area contributed by atoms with Gasteiger partial charge in [0.25, 0.3) is 0 Å². The highest BCUT2D eigenvalue weighted by molar-refractivity contribution is 5.78. The van der Waals surface area contributed by atoms with Crippen LogP contribution in [-0.4, -0.2) is 34.0 Å². The van der Waals surface area contributed by atoms with E-state index in [0.29, 0.717) is 0 Å². The van der Waals surface area contributed by atoms with Crippen LogP contribution in [0.2, 0.25) is 0 Å². The number of hydrogen-bond donors (Lipinski definition) is 2. The Morgan fingerprint density at radius 3 is 2.29 bits per heavy atom. The van der Waals surface area contributed by atoms with Gasteiger partial charge in [0, 0.05) is 24.5 Å². The summed E-state index contributed by atoms with van der Waals surface area (Å²) in [7, 11) is 0. The molecule has 5 nitrogen and oxygen atoms in total. The standard InChI is InChI=1S/C16H24N2O3/c1-16(2,3)18(10-9-15(20)21)14(19)11-13(17)12-7-5-4-6-8-12/h4-8,13H,9-11,17H2,1-3H3,(H,20,21). The van der Waals surface area contributed by atoms with E-state index in [4.69, 9.17) is 10.8 Å². The summed E-state index contributed by atoms with van der Waals surface area (Å²) in [5.74, 6) is -1.04. The molecule has 0 aromatic heterocycles. The summed E-state index contributed by atoms with van der Waals surface area (Å²) in [5.41, 5.74) is 6.54. The largest absolute Gasteiger partial charge is 0.481 e. The monoisotopic (exact) mass is 292 g/mol. The second-order valence-corrected chi connectivity index (χ2v) is 6.08. The summed E-state index contributed by atoms with van der Waals surface area (Å²) < 4.78 is 0. The van der Waals surface area contributed by atoms with Gasteiger partial charge in [-0.3, -0.25) is 9.59 Å².